The van der Waals surface area contributed by atoms with Crippen LogP contribution in [0.3, 0.4) is 0 Å². The zero-order valence-electron chi connectivity index (χ0n) is 13.1. The Kier molecular flexibility index (Phi) is 4.76. The smallest absolute Gasteiger partial charge is 0.253 e. The van der Waals surface area contributed by atoms with Gasteiger partial charge in [0.25, 0.3) is 5.91 Å². The molecule has 0 atom stereocenters. The van der Waals surface area contributed by atoms with Gasteiger partial charge in [-0.25, -0.2) is 0 Å². The van der Waals surface area contributed by atoms with Crippen LogP contribution in [-0.2, 0) is 11.3 Å². The van der Waals surface area contributed by atoms with Crippen LogP contribution in [0.5, 0.6) is 0 Å². The third-order valence-corrected chi connectivity index (χ3v) is 4.61. The molecule has 0 N–H and O–H groups in total. The highest BCUT2D eigenvalue weighted by molar-refractivity contribution is 5.94. The van der Waals surface area contributed by atoms with Crippen molar-refractivity contribution in [1.82, 2.24) is 9.80 Å². The fraction of sp³-hybridized carbons (Fsp3) is 0.556. The van der Waals surface area contributed by atoms with E-state index in [1.54, 1.807) is 0 Å². The highest BCUT2D eigenvalue weighted by atomic mass is 16.2. The summed E-state index contributed by atoms with van der Waals surface area (Å²) in [6.45, 7) is 3.20. The molecule has 0 saturated carbocycles. The molecule has 0 radical (unpaired) electrons. The van der Waals surface area contributed by atoms with Gasteiger partial charge in [-0.2, -0.15) is 0 Å². The number of rotatable bonds is 3. The fourth-order valence-corrected chi connectivity index (χ4v) is 3.35. The van der Waals surface area contributed by atoms with E-state index in [1.807, 2.05) is 34.1 Å². The summed E-state index contributed by atoms with van der Waals surface area (Å²) in [5.74, 6) is 0.362. The minimum atomic E-state index is 0.136. The van der Waals surface area contributed by atoms with Crippen LogP contribution in [0.25, 0.3) is 0 Å². The van der Waals surface area contributed by atoms with Crippen molar-refractivity contribution in [2.45, 2.75) is 45.1 Å². The lowest BCUT2D eigenvalue weighted by Gasteiger charge is -2.21. The predicted molar refractivity (Wildman–Crippen MR) is 85.5 cm³/mol. The summed E-state index contributed by atoms with van der Waals surface area (Å²) < 4.78 is 0. The Morgan fingerprint density at radius 1 is 1.00 bits per heavy atom. The van der Waals surface area contributed by atoms with E-state index >= 15 is 0 Å². The van der Waals surface area contributed by atoms with Gasteiger partial charge in [0, 0.05) is 38.2 Å². The van der Waals surface area contributed by atoms with Crippen molar-refractivity contribution in [3.63, 3.8) is 0 Å². The number of amides is 2. The molecule has 0 spiro atoms. The summed E-state index contributed by atoms with van der Waals surface area (Å²) in [5.41, 5.74) is 1.81. The van der Waals surface area contributed by atoms with Crippen LogP contribution in [0, 0.1) is 0 Å². The Balaban J connectivity index is 1.69. The van der Waals surface area contributed by atoms with Gasteiger partial charge >= 0.3 is 0 Å². The van der Waals surface area contributed by atoms with Crippen LogP contribution in [0.2, 0.25) is 0 Å². The maximum atomic E-state index is 12.7. The second kappa shape index (κ2) is 6.95. The summed E-state index contributed by atoms with van der Waals surface area (Å²) in [6.07, 6.45) is 6.26. The third kappa shape index (κ3) is 3.49. The van der Waals surface area contributed by atoms with E-state index in [-0.39, 0.29) is 11.8 Å². The monoisotopic (exact) mass is 300 g/mol. The standard InChI is InChI=1S/C18H24N2O2/c21-17-9-6-12-20(17)14-15-7-5-8-16(13-15)18(22)19-10-3-1-2-4-11-19/h5,7-8,13H,1-4,6,9-12,14H2. The molecule has 4 nitrogen and oxygen atoms in total. The normalized spacial score (nSPS) is 19.4. The molecule has 0 unspecified atom stereocenters. The van der Waals surface area contributed by atoms with Crippen molar-refractivity contribution >= 4 is 11.8 Å². The molecule has 2 fully saturated rings. The zero-order chi connectivity index (χ0) is 15.4. The molecule has 2 aliphatic heterocycles. The number of hydrogen-bond donors (Lipinski definition) is 0. The number of carbonyl (C=O) groups is 2. The number of likely N-dealkylation sites (tertiary alicyclic amines) is 2. The Bertz CT molecular complexity index is 548. The molecule has 2 saturated heterocycles. The van der Waals surface area contributed by atoms with E-state index in [0.717, 1.165) is 50.0 Å². The van der Waals surface area contributed by atoms with Crippen LogP contribution >= 0.6 is 0 Å². The molecular formula is C18H24N2O2. The molecule has 0 aromatic heterocycles. The second-order valence-corrected chi connectivity index (χ2v) is 6.33. The molecule has 2 aliphatic rings. The van der Waals surface area contributed by atoms with Crippen molar-refractivity contribution in [1.29, 1.82) is 0 Å². The first-order valence-electron chi connectivity index (χ1n) is 8.40. The Labute approximate surface area is 132 Å². The molecule has 118 valence electrons. The van der Waals surface area contributed by atoms with Crippen LogP contribution < -0.4 is 0 Å². The average Bonchev–Trinajstić information content (AvgIpc) is 2.79. The Hall–Kier alpha value is -1.84. The first-order valence-corrected chi connectivity index (χ1v) is 8.40. The maximum absolute atomic E-state index is 12.7. The molecule has 2 heterocycles. The van der Waals surface area contributed by atoms with Gasteiger partial charge in [-0.3, -0.25) is 9.59 Å². The number of hydrogen-bond acceptors (Lipinski definition) is 2. The van der Waals surface area contributed by atoms with Crippen molar-refractivity contribution in [2.24, 2.45) is 0 Å². The molecule has 4 heteroatoms. The molecule has 0 bridgehead atoms. The Morgan fingerprint density at radius 2 is 1.77 bits per heavy atom. The molecule has 3 rings (SSSR count). The number of nitrogens with zero attached hydrogens (tertiary/aromatic N) is 2. The quantitative estimate of drug-likeness (QED) is 0.861. The van der Waals surface area contributed by atoms with Crippen molar-refractivity contribution in [3.8, 4) is 0 Å². The molecule has 2 amide bonds. The topological polar surface area (TPSA) is 40.6 Å². The molecule has 1 aromatic rings. The van der Waals surface area contributed by atoms with E-state index in [4.69, 9.17) is 0 Å². The van der Waals surface area contributed by atoms with Crippen molar-refractivity contribution in [2.75, 3.05) is 19.6 Å². The number of carbonyl (C=O) groups excluding carboxylic acids is 2. The largest absolute Gasteiger partial charge is 0.339 e. The lowest BCUT2D eigenvalue weighted by molar-refractivity contribution is -0.128. The molecule has 1 aromatic carbocycles. The summed E-state index contributed by atoms with van der Waals surface area (Å²) in [6, 6.07) is 7.78. The summed E-state index contributed by atoms with van der Waals surface area (Å²) in [4.78, 5) is 28.2. The summed E-state index contributed by atoms with van der Waals surface area (Å²) >= 11 is 0. The second-order valence-electron chi connectivity index (χ2n) is 6.33. The SMILES string of the molecule is O=C1CCCN1Cc1cccc(C(=O)N2CCCCCC2)c1. The van der Waals surface area contributed by atoms with E-state index < -0.39 is 0 Å². The molecular weight excluding hydrogens is 276 g/mol. The van der Waals surface area contributed by atoms with Gasteiger partial charge < -0.3 is 9.80 Å². The van der Waals surface area contributed by atoms with Gasteiger partial charge in [-0.15, -0.1) is 0 Å². The van der Waals surface area contributed by atoms with E-state index in [2.05, 4.69) is 0 Å². The summed E-state index contributed by atoms with van der Waals surface area (Å²) in [7, 11) is 0. The number of benzene rings is 1. The minimum absolute atomic E-state index is 0.136. The Morgan fingerprint density at radius 3 is 2.45 bits per heavy atom. The molecule has 0 aliphatic carbocycles. The van der Waals surface area contributed by atoms with Crippen molar-refractivity contribution in [3.05, 3.63) is 35.4 Å². The lowest BCUT2D eigenvalue weighted by Crippen LogP contribution is -2.32. The van der Waals surface area contributed by atoms with Crippen LogP contribution in [0.1, 0.15) is 54.4 Å². The predicted octanol–water partition coefficient (Wildman–Crippen LogP) is 2.83. The first-order chi connectivity index (χ1) is 10.7. The lowest BCUT2D eigenvalue weighted by atomic mass is 10.1. The summed E-state index contributed by atoms with van der Waals surface area (Å²) in [5, 5.41) is 0. The highest BCUT2D eigenvalue weighted by Crippen LogP contribution is 2.17. The van der Waals surface area contributed by atoms with Gasteiger partial charge in [0.2, 0.25) is 5.91 Å². The van der Waals surface area contributed by atoms with Gasteiger partial charge in [0.15, 0.2) is 0 Å². The van der Waals surface area contributed by atoms with Crippen molar-refractivity contribution < 1.29 is 9.59 Å². The third-order valence-electron chi connectivity index (χ3n) is 4.61. The van der Waals surface area contributed by atoms with Crippen LogP contribution in [-0.4, -0.2) is 41.2 Å². The minimum Gasteiger partial charge on any atom is -0.339 e. The van der Waals surface area contributed by atoms with Crippen LogP contribution in [0.15, 0.2) is 24.3 Å². The maximum Gasteiger partial charge on any atom is 0.253 e. The van der Waals surface area contributed by atoms with Gasteiger partial charge in [-0.1, -0.05) is 25.0 Å². The van der Waals surface area contributed by atoms with Gasteiger partial charge in [0.05, 0.1) is 0 Å². The average molecular weight is 300 g/mol. The molecule has 22 heavy (non-hydrogen) atoms. The fourth-order valence-electron chi connectivity index (χ4n) is 3.35. The first kappa shape index (κ1) is 15.1. The van der Waals surface area contributed by atoms with Gasteiger partial charge in [0.1, 0.15) is 0 Å². The zero-order valence-corrected chi connectivity index (χ0v) is 13.1. The van der Waals surface area contributed by atoms with E-state index in [9.17, 15) is 9.59 Å². The van der Waals surface area contributed by atoms with Crippen LogP contribution in [0.4, 0.5) is 0 Å². The van der Waals surface area contributed by atoms with Gasteiger partial charge in [-0.05, 0) is 37.0 Å². The van der Waals surface area contributed by atoms with E-state index in [0.29, 0.717) is 13.0 Å². The van der Waals surface area contributed by atoms with E-state index in [1.165, 1.54) is 12.8 Å². The highest BCUT2D eigenvalue weighted by Gasteiger charge is 2.21.